The summed E-state index contributed by atoms with van der Waals surface area (Å²) in [6.07, 6.45) is 2.44. The number of thioether (sulfide) groups is 1. The molecule has 1 aliphatic carbocycles. The van der Waals surface area contributed by atoms with Gasteiger partial charge in [0.1, 0.15) is 0 Å². The van der Waals surface area contributed by atoms with Crippen molar-refractivity contribution in [1.82, 2.24) is 0 Å². The molecule has 0 bridgehead atoms. The summed E-state index contributed by atoms with van der Waals surface area (Å²) in [5, 5.41) is 1.27. The number of nitrogen functional groups attached to an aromatic ring is 1. The van der Waals surface area contributed by atoms with Crippen LogP contribution in [0.25, 0.3) is 0 Å². The van der Waals surface area contributed by atoms with Crippen molar-refractivity contribution in [1.29, 1.82) is 0 Å². The van der Waals surface area contributed by atoms with Crippen LogP contribution < -0.4 is 10.6 Å². The van der Waals surface area contributed by atoms with E-state index in [2.05, 4.69) is 18.7 Å². The van der Waals surface area contributed by atoms with Gasteiger partial charge in [-0.25, -0.2) is 0 Å². The number of nitrogens with zero attached hydrogens (tertiary/aromatic N) is 1. The smallest absolute Gasteiger partial charge is 0.171 e. The van der Waals surface area contributed by atoms with Crippen LogP contribution in [-0.2, 0) is 0 Å². The van der Waals surface area contributed by atoms with Gasteiger partial charge in [0.2, 0.25) is 0 Å². The van der Waals surface area contributed by atoms with E-state index in [1.165, 1.54) is 23.4 Å². The number of thiophene rings is 1. The minimum Gasteiger partial charge on any atom is -0.397 e. The first-order chi connectivity index (χ1) is 9.39. The molecular weight excluding hydrogens is 288 g/mol. The zero-order valence-electron chi connectivity index (χ0n) is 12.4. The van der Waals surface area contributed by atoms with Crippen molar-refractivity contribution >= 4 is 39.6 Å². The number of ketones is 1. The molecule has 0 aromatic carbocycles. The lowest BCUT2D eigenvalue weighted by atomic mass is 10.1. The second kappa shape index (κ2) is 4.95. The highest BCUT2D eigenvalue weighted by Gasteiger charge is 2.36. The summed E-state index contributed by atoms with van der Waals surface area (Å²) in [6, 6.07) is 0. The van der Waals surface area contributed by atoms with Crippen molar-refractivity contribution in [3.05, 3.63) is 10.4 Å². The van der Waals surface area contributed by atoms with Crippen molar-refractivity contribution in [2.24, 2.45) is 0 Å². The lowest BCUT2D eigenvalue weighted by Gasteiger charge is -2.38. The van der Waals surface area contributed by atoms with Crippen molar-refractivity contribution in [2.75, 3.05) is 29.5 Å². The van der Waals surface area contributed by atoms with E-state index in [4.69, 9.17) is 5.73 Å². The van der Waals surface area contributed by atoms with Gasteiger partial charge in [-0.1, -0.05) is 0 Å². The van der Waals surface area contributed by atoms with Gasteiger partial charge in [0.15, 0.2) is 5.78 Å². The molecule has 2 N–H and O–H groups in total. The normalized spacial score (nSPS) is 22.1. The summed E-state index contributed by atoms with van der Waals surface area (Å²) < 4.78 is 0.272. The molecule has 110 valence electrons. The Morgan fingerprint density at radius 1 is 1.40 bits per heavy atom. The van der Waals surface area contributed by atoms with Gasteiger partial charge < -0.3 is 10.6 Å². The minimum atomic E-state index is 0.103. The van der Waals surface area contributed by atoms with Gasteiger partial charge in [0.05, 0.1) is 15.6 Å². The highest BCUT2D eigenvalue weighted by molar-refractivity contribution is 8.00. The zero-order chi connectivity index (χ0) is 14.5. The first kappa shape index (κ1) is 14.3. The van der Waals surface area contributed by atoms with Crippen molar-refractivity contribution in [3.63, 3.8) is 0 Å². The molecule has 1 saturated carbocycles. The fraction of sp³-hybridized carbons (Fsp3) is 0.667. The largest absolute Gasteiger partial charge is 0.397 e. The Morgan fingerprint density at radius 2 is 2.10 bits per heavy atom. The van der Waals surface area contributed by atoms with E-state index in [9.17, 15) is 4.79 Å². The standard InChI is InChI=1S/C15H22N2OS2/c1-9(18)13-12(16)11(10-4-5-10)14(20-13)17-6-7-19-15(2,3)8-17/h10H,4-8,16H2,1-3H3. The number of hydrogen-bond acceptors (Lipinski definition) is 5. The Bertz CT molecular complexity index is 546. The van der Waals surface area contributed by atoms with Crippen LogP contribution in [0.3, 0.4) is 0 Å². The average Bonchev–Trinajstić information content (AvgIpc) is 3.11. The van der Waals surface area contributed by atoms with Gasteiger partial charge in [-0.2, -0.15) is 11.8 Å². The second-order valence-corrected chi connectivity index (χ2v) is 9.23. The number of anilines is 2. The van der Waals surface area contributed by atoms with Crippen LogP contribution in [0.5, 0.6) is 0 Å². The molecule has 3 rings (SSSR count). The molecule has 1 aliphatic heterocycles. The Kier molecular flexibility index (Phi) is 3.53. The Hall–Kier alpha value is -0.680. The third-order valence-electron chi connectivity index (χ3n) is 3.98. The highest BCUT2D eigenvalue weighted by atomic mass is 32.2. The van der Waals surface area contributed by atoms with Gasteiger partial charge in [0.25, 0.3) is 0 Å². The van der Waals surface area contributed by atoms with Crippen LogP contribution in [0, 0.1) is 0 Å². The maximum absolute atomic E-state index is 11.8. The lowest BCUT2D eigenvalue weighted by Crippen LogP contribution is -2.43. The molecule has 20 heavy (non-hydrogen) atoms. The molecule has 2 aliphatic rings. The van der Waals surface area contributed by atoms with Gasteiger partial charge >= 0.3 is 0 Å². The number of hydrogen-bond donors (Lipinski definition) is 1. The molecule has 1 saturated heterocycles. The number of Topliss-reactive ketones (excluding diaryl/α,β-unsaturated/α-hetero) is 1. The SMILES string of the molecule is CC(=O)c1sc(N2CCSC(C)(C)C2)c(C2CC2)c1N. The topological polar surface area (TPSA) is 46.3 Å². The monoisotopic (exact) mass is 310 g/mol. The first-order valence-corrected chi connectivity index (χ1v) is 9.01. The molecule has 0 atom stereocenters. The van der Waals surface area contributed by atoms with E-state index in [0.29, 0.717) is 5.92 Å². The third kappa shape index (κ3) is 2.58. The van der Waals surface area contributed by atoms with Crippen molar-refractivity contribution in [2.45, 2.75) is 44.3 Å². The van der Waals surface area contributed by atoms with E-state index in [1.54, 1.807) is 18.3 Å². The van der Waals surface area contributed by atoms with Crippen molar-refractivity contribution < 1.29 is 4.79 Å². The fourth-order valence-electron chi connectivity index (χ4n) is 2.90. The predicted molar refractivity (Wildman–Crippen MR) is 89.5 cm³/mol. The van der Waals surface area contributed by atoms with Crippen LogP contribution >= 0.6 is 23.1 Å². The maximum Gasteiger partial charge on any atom is 0.171 e. The Morgan fingerprint density at radius 3 is 2.65 bits per heavy atom. The average molecular weight is 310 g/mol. The second-order valence-electron chi connectivity index (χ2n) is 6.42. The van der Waals surface area contributed by atoms with E-state index in [-0.39, 0.29) is 10.5 Å². The van der Waals surface area contributed by atoms with Gasteiger partial charge in [-0.3, -0.25) is 4.79 Å². The van der Waals surface area contributed by atoms with Crippen molar-refractivity contribution in [3.8, 4) is 0 Å². The van der Waals surface area contributed by atoms with Crippen LogP contribution in [0.1, 0.15) is 54.8 Å². The lowest BCUT2D eigenvalue weighted by molar-refractivity contribution is 0.102. The molecule has 3 nitrogen and oxygen atoms in total. The van der Waals surface area contributed by atoms with Gasteiger partial charge in [-0.05, 0) is 32.6 Å². The summed E-state index contributed by atoms with van der Waals surface area (Å²) in [5.74, 6) is 1.84. The summed E-state index contributed by atoms with van der Waals surface area (Å²) in [4.78, 5) is 15.0. The molecule has 1 aromatic heterocycles. The zero-order valence-corrected chi connectivity index (χ0v) is 14.0. The van der Waals surface area contributed by atoms with Crippen LogP contribution in [-0.4, -0.2) is 29.4 Å². The van der Waals surface area contributed by atoms with E-state index in [0.717, 1.165) is 29.4 Å². The summed E-state index contributed by atoms with van der Waals surface area (Å²) in [7, 11) is 0. The predicted octanol–water partition coefficient (Wildman–Crippen LogP) is 3.74. The molecule has 0 amide bonds. The molecule has 2 fully saturated rings. The summed E-state index contributed by atoms with van der Waals surface area (Å²) in [6.45, 7) is 8.31. The third-order valence-corrected chi connectivity index (χ3v) is 6.66. The quantitative estimate of drug-likeness (QED) is 0.864. The first-order valence-electron chi connectivity index (χ1n) is 7.21. The molecule has 0 spiro atoms. The Labute approximate surface area is 128 Å². The molecule has 0 unspecified atom stereocenters. The van der Waals surface area contributed by atoms with E-state index >= 15 is 0 Å². The number of carbonyl (C=O) groups is 1. The van der Waals surface area contributed by atoms with Crippen LogP contribution in [0.2, 0.25) is 0 Å². The summed E-state index contributed by atoms with van der Waals surface area (Å²) in [5.41, 5.74) is 8.30. The molecule has 2 heterocycles. The Balaban J connectivity index is 1.99. The van der Waals surface area contributed by atoms with E-state index in [1.807, 2.05) is 11.8 Å². The number of nitrogens with two attached hydrogens (primary N) is 1. The van der Waals surface area contributed by atoms with Crippen LogP contribution in [0.15, 0.2) is 0 Å². The highest BCUT2D eigenvalue weighted by Crippen LogP contribution is 2.52. The van der Waals surface area contributed by atoms with E-state index < -0.39 is 0 Å². The number of rotatable bonds is 3. The number of carbonyl (C=O) groups excluding carboxylic acids is 1. The van der Waals surface area contributed by atoms with Crippen LogP contribution in [0.4, 0.5) is 10.7 Å². The fourth-order valence-corrected chi connectivity index (χ4v) is 5.24. The molecular formula is C15H22N2OS2. The van der Waals surface area contributed by atoms with Gasteiger partial charge in [0, 0.05) is 36.1 Å². The summed E-state index contributed by atoms with van der Waals surface area (Å²) >= 11 is 3.64. The molecule has 1 aromatic rings. The molecule has 0 radical (unpaired) electrons. The van der Waals surface area contributed by atoms with Gasteiger partial charge in [-0.15, -0.1) is 11.3 Å². The molecule has 5 heteroatoms. The maximum atomic E-state index is 11.8. The minimum absolute atomic E-state index is 0.103.